The first-order valence-corrected chi connectivity index (χ1v) is 5.59. The van der Waals surface area contributed by atoms with Gasteiger partial charge in [0.2, 0.25) is 0 Å². The lowest BCUT2D eigenvalue weighted by atomic mass is 10.2. The zero-order valence-electron chi connectivity index (χ0n) is 9.52. The molecule has 0 saturated carbocycles. The number of benzene rings is 1. The van der Waals surface area contributed by atoms with Gasteiger partial charge in [-0.05, 0) is 18.6 Å². The minimum Gasteiger partial charge on any atom is -0.484 e. The third-order valence-electron chi connectivity index (χ3n) is 2.52. The Morgan fingerprint density at radius 3 is 3.18 bits per heavy atom. The molecule has 5 heteroatoms. The number of ether oxygens (including phenoxy) is 2. The first-order valence-electron chi connectivity index (χ1n) is 5.59. The van der Waals surface area contributed by atoms with Gasteiger partial charge in [-0.1, -0.05) is 6.07 Å². The van der Waals surface area contributed by atoms with Crippen molar-refractivity contribution in [2.24, 2.45) is 0 Å². The van der Waals surface area contributed by atoms with E-state index in [1.807, 2.05) is 0 Å². The van der Waals surface area contributed by atoms with Crippen molar-refractivity contribution in [1.82, 2.24) is 5.32 Å². The molecule has 17 heavy (non-hydrogen) atoms. The second-order valence-corrected chi connectivity index (χ2v) is 3.99. The van der Waals surface area contributed by atoms with E-state index < -0.39 is 0 Å². The van der Waals surface area contributed by atoms with Gasteiger partial charge >= 0.3 is 0 Å². The van der Waals surface area contributed by atoms with Gasteiger partial charge in [0.15, 0.2) is 6.61 Å². The Labute approximate surface area is 99.9 Å². The second-order valence-electron chi connectivity index (χ2n) is 3.99. The molecule has 1 aliphatic heterocycles. The molecular weight excluding hydrogens is 220 g/mol. The summed E-state index contributed by atoms with van der Waals surface area (Å²) in [6, 6.07) is 7.12. The van der Waals surface area contributed by atoms with Crippen LogP contribution in [0.5, 0.6) is 5.75 Å². The molecule has 0 aromatic heterocycles. The highest BCUT2D eigenvalue weighted by molar-refractivity contribution is 5.77. The Morgan fingerprint density at radius 1 is 1.59 bits per heavy atom. The normalized spacial score (nSPS) is 18.9. The van der Waals surface area contributed by atoms with Gasteiger partial charge in [-0.15, -0.1) is 0 Å². The van der Waals surface area contributed by atoms with Gasteiger partial charge in [-0.3, -0.25) is 4.79 Å². The van der Waals surface area contributed by atoms with E-state index in [0.717, 1.165) is 6.42 Å². The van der Waals surface area contributed by atoms with Gasteiger partial charge in [0, 0.05) is 18.4 Å². The molecule has 0 bridgehead atoms. The molecule has 0 spiro atoms. The van der Waals surface area contributed by atoms with E-state index in [-0.39, 0.29) is 18.6 Å². The van der Waals surface area contributed by atoms with E-state index in [1.165, 1.54) is 0 Å². The van der Waals surface area contributed by atoms with Crippen LogP contribution in [0.3, 0.4) is 0 Å². The standard InChI is InChI=1S/C12H16N2O3/c13-9-2-1-3-11(6-9)17-8-12(15)14-10-4-5-16-7-10/h1-3,6,10H,4-5,7-8,13H2,(H,14,15). The van der Waals surface area contributed by atoms with E-state index in [4.69, 9.17) is 15.2 Å². The van der Waals surface area contributed by atoms with Crippen molar-refractivity contribution in [2.75, 3.05) is 25.6 Å². The van der Waals surface area contributed by atoms with Crippen molar-refractivity contribution in [3.8, 4) is 5.75 Å². The molecule has 92 valence electrons. The summed E-state index contributed by atoms with van der Waals surface area (Å²) in [6.07, 6.45) is 0.865. The largest absolute Gasteiger partial charge is 0.484 e. The van der Waals surface area contributed by atoms with Crippen LogP contribution in [0.2, 0.25) is 0 Å². The maximum atomic E-state index is 11.5. The molecule has 1 fully saturated rings. The average molecular weight is 236 g/mol. The Balaban J connectivity index is 1.75. The maximum Gasteiger partial charge on any atom is 0.258 e. The monoisotopic (exact) mass is 236 g/mol. The third kappa shape index (κ3) is 3.64. The van der Waals surface area contributed by atoms with Crippen LogP contribution in [-0.4, -0.2) is 31.8 Å². The molecule has 1 atom stereocenters. The number of anilines is 1. The van der Waals surface area contributed by atoms with Gasteiger partial charge in [0.25, 0.3) is 5.91 Å². The fraction of sp³-hybridized carbons (Fsp3) is 0.417. The summed E-state index contributed by atoms with van der Waals surface area (Å²) in [5, 5.41) is 2.84. The number of carbonyl (C=O) groups is 1. The lowest BCUT2D eigenvalue weighted by molar-refractivity contribution is -0.123. The molecular formula is C12H16N2O3. The second kappa shape index (κ2) is 5.54. The van der Waals surface area contributed by atoms with Gasteiger partial charge in [0.05, 0.1) is 12.6 Å². The summed E-state index contributed by atoms with van der Waals surface area (Å²) >= 11 is 0. The zero-order chi connectivity index (χ0) is 12.1. The van der Waals surface area contributed by atoms with Crippen LogP contribution >= 0.6 is 0 Å². The highest BCUT2D eigenvalue weighted by Gasteiger charge is 2.17. The lowest BCUT2D eigenvalue weighted by Gasteiger charge is -2.11. The smallest absolute Gasteiger partial charge is 0.258 e. The highest BCUT2D eigenvalue weighted by Crippen LogP contribution is 2.14. The molecule has 0 aliphatic carbocycles. The van der Waals surface area contributed by atoms with Crippen LogP contribution < -0.4 is 15.8 Å². The minimum atomic E-state index is -0.136. The van der Waals surface area contributed by atoms with Gasteiger partial charge in [0.1, 0.15) is 5.75 Å². The van der Waals surface area contributed by atoms with Crippen LogP contribution in [0.4, 0.5) is 5.69 Å². The van der Waals surface area contributed by atoms with E-state index in [2.05, 4.69) is 5.32 Å². The van der Waals surface area contributed by atoms with Crippen LogP contribution in [0, 0.1) is 0 Å². The number of hydrogen-bond donors (Lipinski definition) is 2. The predicted octanol–water partition coefficient (Wildman–Crippen LogP) is 0.553. The van der Waals surface area contributed by atoms with Crippen molar-refractivity contribution in [1.29, 1.82) is 0 Å². The molecule has 1 saturated heterocycles. The summed E-state index contributed by atoms with van der Waals surface area (Å²) in [5.41, 5.74) is 6.22. The Bertz CT molecular complexity index is 389. The maximum absolute atomic E-state index is 11.5. The average Bonchev–Trinajstić information content (AvgIpc) is 2.79. The predicted molar refractivity (Wildman–Crippen MR) is 63.7 cm³/mol. The van der Waals surface area contributed by atoms with Crippen LogP contribution in [0.1, 0.15) is 6.42 Å². The number of nitrogens with one attached hydrogen (secondary N) is 1. The van der Waals surface area contributed by atoms with Crippen molar-refractivity contribution in [2.45, 2.75) is 12.5 Å². The van der Waals surface area contributed by atoms with Gasteiger partial charge in [-0.25, -0.2) is 0 Å². The molecule has 2 rings (SSSR count). The van der Waals surface area contributed by atoms with Gasteiger partial charge < -0.3 is 20.5 Å². The highest BCUT2D eigenvalue weighted by atomic mass is 16.5. The fourth-order valence-electron chi connectivity index (χ4n) is 1.67. The molecule has 1 unspecified atom stereocenters. The van der Waals surface area contributed by atoms with Gasteiger partial charge in [-0.2, -0.15) is 0 Å². The first-order chi connectivity index (χ1) is 8.24. The summed E-state index contributed by atoms with van der Waals surface area (Å²) in [4.78, 5) is 11.5. The van der Waals surface area contributed by atoms with E-state index in [1.54, 1.807) is 24.3 Å². The topological polar surface area (TPSA) is 73.6 Å². The van der Waals surface area contributed by atoms with Crippen LogP contribution in [-0.2, 0) is 9.53 Å². The summed E-state index contributed by atoms with van der Waals surface area (Å²) in [5.74, 6) is 0.464. The van der Waals surface area contributed by atoms with Crippen LogP contribution in [0.15, 0.2) is 24.3 Å². The number of hydrogen-bond acceptors (Lipinski definition) is 4. The summed E-state index contributed by atoms with van der Waals surface area (Å²) in [6.45, 7) is 1.30. The van der Waals surface area contributed by atoms with E-state index in [0.29, 0.717) is 24.7 Å². The Kier molecular flexibility index (Phi) is 3.82. The van der Waals surface area contributed by atoms with Crippen molar-refractivity contribution >= 4 is 11.6 Å². The molecule has 1 aliphatic rings. The number of nitrogen functional groups attached to an aromatic ring is 1. The van der Waals surface area contributed by atoms with Crippen molar-refractivity contribution in [3.63, 3.8) is 0 Å². The third-order valence-corrected chi connectivity index (χ3v) is 2.52. The number of rotatable bonds is 4. The fourth-order valence-corrected chi connectivity index (χ4v) is 1.67. The number of amides is 1. The van der Waals surface area contributed by atoms with Crippen molar-refractivity contribution < 1.29 is 14.3 Å². The zero-order valence-corrected chi connectivity index (χ0v) is 9.52. The molecule has 1 aromatic rings. The number of nitrogens with two attached hydrogens (primary N) is 1. The first kappa shape index (κ1) is 11.7. The molecule has 0 radical (unpaired) electrons. The summed E-state index contributed by atoms with van der Waals surface area (Å²) in [7, 11) is 0. The van der Waals surface area contributed by atoms with E-state index >= 15 is 0 Å². The quantitative estimate of drug-likeness (QED) is 0.749. The minimum absolute atomic E-state index is 0.0000463. The molecule has 1 aromatic carbocycles. The molecule has 5 nitrogen and oxygen atoms in total. The Morgan fingerprint density at radius 2 is 2.47 bits per heavy atom. The Hall–Kier alpha value is -1.75. The molecule has 1 heterocycles. The molecule has 3 N–H and O–H groups in total. The van der Waals surface area contributed by atoms with Crippen LogP contribution in [0.25, 0.3) is 0 Å². The molecule has 1 amide bonds. The number of carbonyl (C=O) groups excluding carboxylic acids is 1. The lowest BCUT2D eigenvalue weighted by Crippen LogP contribution is -2.38. The summed E-state index contributed by atoms with van der Waals surface area (Å²) < 4.78 is 10.5. The van der Waals surface area contributed by atoms with Crippen molar-refractivity contribution in [3.05, 3.63) is 24.3 Å². The SMILES string of the molecule is Nc1cccc(OCC(=O)NC2CCOC2)c1. The van der Waals surface area contributed by atoms with E-state index in [9.17, 15) is 4.79 Å².